The molecule has 5 heteroatoms. The highest BCUT2D eigenvalue weighted by Gasteiger charge is 2.16. The smallest absolute Gasteiger partial charge is 0.231 e. The molecule has 0 bridgehead atoms. The molecule has 2 rings (SSSR count). The molecule has 0 fully saturated rings. The van der Waals surface area contributed by atoms with E-state index in [9.17, 15) is 4.79 Å². The van der Waals surface area contributed by atoms with Gasteiger partial charge in [0.05, 0.1) is 16.3 Å². The van der Waals surface area contributed by atoms with Gasteiger partial charge in [0, 0.05) is 0 Å². The van der Waals surface area contributed by atoms with E-state index in [1.165, 1.54) is 11.8 Å². The Balaban J connectivity index is 2.24. The van der Waals surface area contributed by atoms with Crippen LogP contribution in [-0.2, 0) is 4.79 Å². The number of carbonyl (C=O) groups excluding carboxylic acids is 1. The molecule has 2 aromatic rings. The molecule has 0 aliphatic carbocycles. The summed E-state index contributed by atoms with van der Waals surface area (Å²) in [6, 6.07) is 7.77. The molecule has 16 heavy (non-hydrogen) atoms. The number of aromatic amines is 1. The van der Waals surface area contributed by atoms with Gasteiger partial charge in [-0.2, -0.15) is 0 Å². The number of carbonyl (C=O) groups is 1. The summed E-state index contributed by atoms with van der Waals surface area (Å²) >= 11 is 1.38. The lowest BCUT2D eigenvalue weighted by molar-refractivity contribution is -0.117. The summed E-state index contributed by atoms with van der Waals surface area (Å²) in [7, 11) is 0. The lowest BCUT2D eigenvalue weighted by Gasteiger charge is -2.06. The third-order valence-electron chi connectivity index (χ3n) is 2.31. The second-order valence-electron chi connectivity index (χ2n) is 3.48. The Hall–Kier alpha value is -1.49. The average molecular weight is 235 g/mol. The van der Waals surface area contributed by atoms with Gasteiger partial charge in [-0.25, -0.2) is 4.98 Å². The number of nitrogens with two attached hydrogens (primary N) is 1. The molecule has 0 unspecified atom stereocenters. The SMILES string of the molecule is CC[C@H](Sc1nc2ccccc2[nH]1)C(N)=O. The van der Waals surface area contributed by atoms with Crippen molar-refractivity contribution in [3.63, 3.8) is 0 Å². The van der Waals surface area contributed by atoms with Crippen molar-refractivity contribution in [3.05, 3.63) is 24.3 Å². The maximum atomic E-state index is 11.1. The number of amides is 1. The zero-order valence-corrected chi connectivity index (χ0v) is 9.75. The van der Waals surface area contributed by atoms with Crippen LogP contribution in [0.1, 0.15) is 13.3 Å². The number of benzene rings is 1. The predicted octanol–water partition coefficient (Wildman–Crippen LogP) is 1.92. The molecule has 4 nitrogen and oxygen atoms in total. The van der Waals surface area contributed by atoms with E-state index in [0.717, 1.165) is 16.2 Å². The number of hydrogen-bond donors (Lipinski definition) is 2. The molecule has 1 amide bonds. The molecule has 84 valence electrons. The van der Waals surface area contributed by atoms with E-state index in [4.69, 9.17) is 5.73 Å². The maximum Gasteiger partial charge on any atom is 0.231 e. The van der Waals surface area contributed by atoms with Gasteiger partial charge in [0.2, 0.25) is 5.91 Å². The number of nitrogens with zero attached hydrogens (tertiary/aromatic N) is 1. The van der Waals surface area contributed by atoms with Crippen molar-refractivity contribution in [2.45, 2.75) is 23.8 Å². The molecule has 3 N–H and O–H groups in total. The monoisotopic (exact) mass is 235 g/mol. The van der Waals surface area contributed by atoms with Crippen LogP contribution in [0.2, 0.25) is 0 Å². The second kappa shape index (κ2) is 4.57. The number of aromatic nitrogens is 2. The van der Waals surface area contributed by atoms with Gasteiger partial charge in [0.15, 0.2) is 5.16 Å². The first-order chi connectivity index (χ1) is 7.70. The molecule has 1 aromatic heterocycles. The number of fused-ring (bicyclic) bond motifs is 1. The molecule has 1 atom stereocenters. The second-order valence-corrected chi connectivity index (χ2v) is 4.67. The van der Waals surface area contributed by atoms with Crippen LogP contribution in [0.25, 0.3) is 11.0 Å². The van der Waals surface area contributed by atoms with Crippen molar-refractivity contribution in [3.8, 4) is 0 Å². The van der Waals surface area contributed by atoms with Crippen LogP contribution in [0.5, 0.6) is 0 Å². The molecule has 1 aromatic carbocycles. The standard InChI is InChI=1S/C11H13N3OS/c1-2-9(10(12)15)16-11-13-7-5-3-4-6-8(7)14-11/h3-6,9H,2H2,1H3,(H2,12,15)(H,13,14)/t9-/m0/s1. The summed E-state index contributed by atoms with van der Waals surface area (Å²) in [6.07, 6.45) is 0.705. The molecular formula is C11H13N3OS. The number of hydrogen-bond acceptors (Lipinski definition) is 3. The molecule has 0 saturated heterocycles. The fraction of sp³-hybridized carbons (Fsp3) is 0.273. The van der Waals surface area contributed by atoms with E-state index >= 15 is 0 Å². The van der Waals surface area contributed by atoms with E-state index in [1.54, 1.807) is 0 Å². The fourth-order valence-corrected chi connectivity index (χ4v) is 2.33. The van der Waals surface area contributed by atoms with Gasteiger partial charge in [0.25, 0.3) is 0 Å². The topological polar surface area (TPSA) is 71.8 Å². The highest BCUT2D eigenvalue weighted by molar-refractivity contribution is 8.00. The van der Waals surface area contributed by atoms with Crippen LogP contribution in [-0.4, -0.2) is 21.1 Å². The van der Waals surface area contributed by atoms with Crippen LogP contribution in [0.4, 0.5) is 0 Å². The average Bonchev–Trinajstić information content (AvgIpc) is 2.67. The van der Waals surface area contributed by atoms with Gasteiger partial charge < -0.3 is 10.7 Å². The van der Waals surface area contributed by atoms with Gasteiger partial charge in [-0.3, -0.25) is 4.79 Å². The minimum atomic E-state index is -0.298. The Labute approximate surface area is 97.6 Å². The molecule has 0 radical (unpaired) electrons. The largest absolute Gasteiger partial charge is 0.369 e. The van der Waals surface area contributed by atoms with Gasteiger partial charge >= 0.3 is 0 Å². The maximum absolute atomic E-state index is 11.1. The minimum absolute atomic E-state index is 0.222. The third-order valence-corrected chi connectivity index (χ3v) is 3.58. The van der Waals surface area contributed by atoms with E-state index < -0.39 is 0 Å². The van der Waals surface area contributed by atoms with E-state index in [-0.39, 0.29) is 11.2 Å². The van der Waals surface area contributed by atoms with Crippen LogP contribution >= 0.6 is 11.8 Å². The van der Waals surface area contributed by atoms with Crippen molar-refractivity contribution in [2.24, 2.45) is 5.73 Å². The lowest BCUT2D eigenvalue weighted by Crippen LogP contribution is -2.24. The number of para-hydroxylation sites is 2. The third kappa shape index (κ3) is 2.19. The number of rotatable bonds is 4. The quantitative estimate of drug-likeness (QED) is 0.795. The van der Waals surface area contributed by atoms with Crippen molar-refractivity contribution in [1.82, 2.24) is 9.97 Å². The number of thioether (sulfide) groups is 1. The Kier molecular flexibility index (Phi) is 3.14. The first kappa shape index (κ1) is 11.0. The van der Waals surface area contributed by atoms with Crippen LogP contribution in [0, 0.1) is 0 Å². The van der Waals surface area contributed by atoms with Crippen LogP contribution in [0.15, 0.2) is 29.4 Å². The lowest BCUT2D eigenvalue weighted by atomic mass is 10.3. The van der Waals surface area contributed by atoms with Crippen molar-refractivity contribution in [2.75, 3.05) is 0 Å². The summed E-state index contributed by atoms with van der Waals surface area (Å²) in [4.78, 5) is 18.7. The van der Waals surface area contributed by atoms with Gasteiger partial charge in [-0.05, 0) is 18.6 Å². The molecule has 0 spiro atoms. The Morgan fingerprint density at radius 2 is 2.31 bits per heavy atom. The predicted molar refractivity (Wildman–Crippen MR) is 65.2 cm³/mol. The molecule has 0 saturated carbocycles. The molecular weight excluding hydrogens is 222 g/mol. The summed E-state index contributed by atoms with van der Waals surface area (Å²) in [5.41, 5.74) is 7.17. The Morgan fingerprint density at radius 1 is 1.56 bits per heavy atom. The summed E-state index contributed by atoms with van der Waals surface area (Å²) < 4.78 is 0. The first-order valence-corrected chi connectivity index (χ1v) is 5.99. The molecule has 0 aliphatic heterocycles. The van der Waals surface area contributed by atoms with Crippen LogP contribution < -0.4 is 5.73 Å². The molecule has 0 aliphatic rings. The summed E-state index contributed by atoms with van der Waals surface area (Å²) in [6.45, 7) is 1.94. The molecule has 1 heterocycles. The normalized spacial score (nSPS) is 12.8. The summed E-state index contributed by atoms with van der Waals surface area (Å²) in [5.74, 6) is -0.298. The highest BCUT2D eigenvalue weighted by atomic mass is 32.2. The number of imidazole rings is 1. The minimum Gasteiger partial charge on any atom is -0.369 e. The van der Waals surface area contributed by atoms with Crippen molar-refractivity contribution >= 4 is 28.7 Å². The zero-order chi connectivity index (χ0) is 11.5. The number of nitrogens with one attached hydrogen (secondary N) is 1. The number of H-pyrrole nitrogens is 1. The zero-order valence-electron chi connectivity index (χ0n) is 8.93. The van der Waals surface area contributed by atoms with Gasteiger partial charge in [-0.15, -0.1) is 0 Å². The number of primary amides is 1. The highest BCUT2D eigenvalue weighted by Crippen LogP contribution is 2.24. The Morgan fingerprint density at radius 3 is 2.94 bits per heavy atom. The summed E-state index contributed by atoms with van der Waals surface area (Å²) in [5, 5.41) is 0.521. The van der Waals surface area contributed by atoms with E-state index in [0.29, 0.717) is 6.42 Å². The van der Waals surface area contributed by atoms with E-state index in [2.05, 4.69) is 9.97 Å². The fourth-order valence-electron chi connectivity index (χ4n) is 1.46. The first-order valence-electron chi connectivity index (χ1n) is 5.11. The van der Waals surface area contributed by atoms with Crippen LogP contribution in [0.3, 0.4) is 0 Å². The Bertz CT molecular complexity index is 476. The van der Waals surface area contributed by atoms with Crippen molar-refractivity contribution in [1.29, 1.82) is 0 Å². The van der Waals surface area contributed by atoms with E-state index in [1.807, 2.05) is 31.2 Å². The van der Waals surface area contributed by atoms with Gasteiger partial charge in [-0.1, -0.05) is 30.8 Å². The van der Waals surface area contributed by atoms with Gasteiger partial charge in [0.1, 0.15) is 0 Å². The van der Waals surface area contributed by atoms with Crippen molar-refractivity contribution < 1.29 is 4.79 Å².